The van der Waals surface area contributed by atoms with E-state index >= 15 is 0 Å². The average molecular weight is 361 g/mol. The predicted octanol–water partition coefficient (Wildman–Crippen LogP) is 0.686. The van der Waals surface area contributed by atoms with Crippen molar-refractivity contribution < 1.29 is 9.59 Å². The van der Waals surface area contributed by atoms with Gasteiger partial charge in [-0.25, -0.2) is 0 Å². The third kappa shape index (κ3) is 4.26. The van der Waals surface area contributed by atoms with E-state index < -0.39 is 0 Å². The minimum Gasteiger partial charge on any atom is -0.354 e. The molecule has 2 unspecified atom stereocenters. The first-order valence-electron chi connectivity index (χ1n) is 9.73. The number of hydrogen-bond acceptors (Lipinski definition) is 4. The Labute approximate surface area is 155 Å². The molecule has 2 amide bonds. The molecule has 3 rings (SSSR count). The normalized spacial score (nSPS) is 23.3. The zero-order valence-corrected chi connectivity index (χ0v) is 16.2. The summed E-state index contributed by atoms with van der Waals surface area (Å²) >= 11 is 0. The molecule has 2 saturated heterocycles. The van der Waals surface area contributed by atoms with Crippen molar-refractivity contribution >= 4 is 11.8 Å². The van der Waals surface area contributed by atoms with E-state index in [1.165, 1.54) is 0 Å². The molecule has 0 spiro atoms. The van der Waals surface area contributed by atoms with Crippen LogP contribution < -0.4 is 10.6 Å². The summed E-state index contributed by atoms with van der Waals surface area (Å²) in [7, 11) is 1.91. The van der Waals surface area contributed by atoms with Gasteiger partial charge in [0.2, 0.25) is 11.8 Å². The van der Waals surface area contributed by atoms with Crippen LogP contribution in [0.15, 0.2) is 0 Å². The Hall–Kier alpha value is -1.89. The number of nitrogens with one attached hydrogen (secondary N) is 2. The molecular weight excluding hydrogens is 330 g/mol. The highest BCUT2D eigenvalue weighted by molar-refractivity contribution is 5.82. The lowest BCUT2D eigenvalue weighted by atomic mass is 9.97. The van der Waals surface area contributed by atoms with Gasteiger partial charge in [0.1, 0.15) is 0 Å². The molecule has 2 N–H and O–H groups in total. The molecule has 2 aliphatic heterocycles. The second-order valence-corrected chi connectivity index (χ2v) is 7.69. The maximum atomic E-state index is 12.8. The summed E-state index contributed by atoms with van der Waals surface area (Å²) in [5.41, 5.74) is 3.03. The monoisotopic (exact) mass is 361 g/mol. The molecule has 0 radical (unpaired) electrons. The van der Waals surface area contributed by atoms with Crippen LogP contribution in [-0.2, 0) is 23.1 Å². The van der Waals surface area contributed by atoms with Gasteiger partial charge < -0.3 is 15.5 Å². The van der Waals surface area contributed by atoms with Crippen LogP contribution in [0.5, 0.6) is 0 Å². The Bertz CT molecular complexity index is 663. The number of carbonyl (C=O) groups excluding carboxylic acids is 2. The molecule has 26 heavy (non-hydrogen) atoms. The van der Waals surface area contributed by atoms with Crippen molar-refractivity contribution in [3.63, 3.8) is 0 Å². The largest absolute Gasteiger partial charge is 0.354 e. The minimum absolute atomic E-state index is 0.0344. The predicted molar refractivity (Wildman–Crippen MR) is 99.7 cm³/mol. The Morgan fingerprint density at radius 2 is 2.08 bits per heavy atom. The van der Waals surface area contributed by atoms with Gasteiger partial charge in [0.15, 0.2) is 0 Å². The number of likely N-dealkylation sites (tertiary alicyclic amines) is 1. The van der Waals surface area contributed by atoms with E-state index in [4.69, 9.17) is 0 Å². The highest BCUT2D eigenvalue weighted by Crippen LogP contribution is 2.19. The molecule has 7 heteroatoms. The van der Waals surface area contributed by atoms with E-state index in [2.05, 4.69) is 15.7 Å². The van der Waals surface area contributed by atoms with Gasteiger partial charge in [-0.3, -0.25) is 14.3 Å². The number of aromatic nitrogens is 2. The van der Waals surface area contributed by atoms with Gasteiger partial charge >= 0.3 is 0 Å². The summed E-state index contributed by atoms with van der Waals surface area (Å²) in [6.07, 6.45) is 4.46. The molecule has 0 aliphatic carbocycles. The zero-order valence-electron chi connectivity index (χ0n) is 16.2. The van der Waals surface area contributed by atoms with E-state index in [0.717, 1.165) is 62.3 Å². The summed E-state index contributed by atoms with van der Waals surface area (Å²) in [4.78, 5) is 26.9. The second-order valence-electron chi connectivity index (χ2n) is 7.69. The maximum Gasteiger partial charge on any atom is 0.237 e. The van der Waals surface area contributed by atoms with E-state index in [9.17, 15) is 9.59 Å². The van der Waals surface area contributed by atoms with Crippen molar-refractivity contribution in [1.82, 2.24) is 25.3 Å². The van der Waals surface area contributed by atoms with Crippen molar-refractivity contribution in [2.24, 2.45) is 13.0 Å². The zero-order chi connectivity index (χ0) is 18.7. The Kier molecular flexibility index (Phi) is 5.96. The third-order valence-corrected chi connectivity index (χ3v) is 5.80. The standard InChI is InChI=1S/C19H31N5O2/c1-13-16(14(2)23(3)22-13)10-18(25)24-9-5-6-15(12-24)11-21-19(26)17-7-4-8-20-17/h15,17,20H,4-12H2,1-3H3,(H,21,26). The van der Waals surface area contributed by atoms with Crippen LogP contribution >= 0.6 is 0 Å². The van der Waals surface area contributed by atoms with Crippen LogP contribution in [0.25, 0.3) is 0 Å². The first kappa shape index (κ1) is 18.9. The SMILES string of the molecule is Cc1nn(C)c(C)c1CC(=O)N1CCCC(CNC(=O)C2CCCN2)C1. The molecule has 1 aromatic heterocycles. The van der Waals surface area contributed by atoms with Crippen molar-refractivity contribution in [3.8, 4) is 0 Å². The van der Waals surface area contributed by atoms with E-state index in [1.54, 1.807) is 0 Å². The molecule has 2 aliphatic rings. The summed E-state index contributed by atoms with van der Waals surface area (Å²) < 4.78 is 1.84. The lowest BCUT2D eigenvalue weighted by Crippen LogP contribution is -2.47. The summed E-state index contributed by atoms with van der Waals surface area (Å²) in [5, 5.41) is 10.7. The smallest absolute Gasteiger partial charge is 0.237 e. The summed E-state index contributed by atoms with van der Waals surface area (Å²) in [5.74, 6) is 0.611. The highest BCUT2D eigenvalue weighted by atomic mass is 16.2. The van der Waals surface area contributed by atoms with Crippen molar-refractivity contribution in [3.05, 3.63) is 17.0 Å². The molecule has 0 aromatic carbocycles. The summed E-state index contributed by atoms with van der Waals surface area (Å²) in [6.45, 7) is 7.10. The van der Waals surface area contributed by atoms with Gasteiger partial charge in [0.25, 0.3) is 0 Å². The van der Waals surface area contributed by atoms with Gasteiger partial charge in [-0.15, -0.1) is 0 Å². The first-order valence-corrected chi connectivity index (χ1v) is 9.73. The molecule has 1 aromatic rings. The fourth-order valence-corrected chi connectivity index (χ4v) is 4.07. The van der Waals surface area contributed by atoms with Gasteiger partial charge in [-0.05, 0) is 52.0 Å². The third-order valence-electron chi connectivity index (χ3n) is 5.80. The fourth-order valence-electron chi connectivity index (χ4n) is 4.07. The molecule has 144 valence electrons. The number of rotatable bonds is 5. The quantitative estimate of drug-likeness (QED) is 0.809. The fraction of sp³-hybridized carbons (Fsp3) is 0.737. The molecule has 3 heterocycles. The number of piperidine rings is 1. The Morgan fingerprint density at radius 1 is 1.27 bits per heavy atom. The number of aryl methyl sites for hydroxylation is 2. The molecular formula is C19H31N5O2. The maximum absolute atomic E-state index is 12.8. The van der Waals surface area contributed by atoms with Crippen LogP contribution in [0, 0.1) is 19.8 Å². The van der Waals surface area contributed by atoms with E-state index in [0.29, 0.717) is 18.9 Å². The van der Waals surface area contributed by atoms with Crippen molar-refractivity contribution in [2.45, 2.75) is 52.0 Å². The number of nitrogens with zero attached hydrogens (tertiary/aromatic N) is 3. The Balaban J connectivity index is 1.51. The Morgan fingerprint density at radius 3 is 2.73 bits per heavy atom. The molecule has 2 fully saturated rings. The van der Waals surface area contributed by atoms with Gasteiger partial charge in [-0.1, -0.05) is 0 Å². The van der Waals surface area contributed by atoms with Gasteiger partial charge in [-0.2, -0.15) is 5.10 Å². The van der Waals surface area contributed by atoms with Crippen LogP contribution in [0.2, 0.25) is 0 Å². The first-order chi connectivity index (χ1) is 12.5. The average Bonchev–Trinajstić information content (AvgIpc) is 3.25. The van der Waals surface area contributed by atoms with Gasteiger partial charge in [0.05, 0.1) is 18.2 Å². The number of carbonyl (C=O) groups is 2. The molecule has 2 atom stereocenters. The van der Waals surface area contributed by atoms with E-state index in [-0.39, 0.29) is 17.9 Å². The van der Waals surface area contributed by atoms with E-state index in [1.807, 2.05) is 30.5 Å². The van der Waals surface area contributed by atoms with Crippen LogP contribution in [0.1, 0.15) is 42.6 Å². The van der Waals surface area contributed by atoms with Crippen LogP contribution in [0.3, 0.4) is 0 Å². The van der Waals surface area contributed by atoms with Crippen molar-refractivity contribution in [1.29, 1.82) is 0 Å². The van der Waals surface area contributed by atoms with Gasteiger partial charge in [0, 0.05) is 37.9 Å². The van der Waals surface area contributed by atoms with Crippen LogP contribution in [0.4, 0.5) is 0 Å². The highest BCUT2D eigenvalue weighted by Gasteiger charge is 2.27. The summed E-state index contributed by atoms with van der Waals surface area (Å²) in [6, 6.07) is -0.0344. The second kappa shape index (κ2) is 8.20. The topological polar surface area (TPSA) is 79.3 Å². The molecule has 0 saturated carbocycles. The minimum atomic E-state index is -0.0344. The van der Waals surface area contributed by atoms with Crippen LogP contribution in [-0.4, -0.2) is 58.7 Å². The molecule has 0 bridgehead atoms. The lowest BCUT2D eigenvalue weighted by Gasteiger charge is -2.33. The lowest BCUT2D eigenvalue weighted by molar-refractivity contribution is -0.132. The number of amides is 2. The molecule has 7 nitrogen and oxygen atoms in total. The van der Waals surface area contributed by atoms with Crippen molar-refractivity contribution in [2.75, 3.05) is 26.2 Å². The number of hydrogen-bond donors (Lipinski definition) is 2.